The van der Waals surface area contributed by atoms with E-state index in [0.717, 1.165) is 23.4 Å². The topological polar surface area (TPSA) is 12.0 Å². The second-order valence-corrected chi connectivity index (χ2v) is 5.67. The van der Waals surface area contributed by atoms with Crippen LogP contribution in [0.2, 0.25) is 0 Å². The van der Waals surface area contributed by atoms with Gasteiger partial charge in [0.2, 0.25) is 0 Å². The molecule has 0 saturated heterocycles. The van der Waals surface area contributed by atoms with Crippen molar-refractivity contribution in [3.05, 3.63) is 57.0 Å². The van der Waals surface area contributed by atoms with Gasteiger partial charge in [-0.2, -0.15) is 13.2 Å². The Balaban J connectivity index is 2.02. The molecule has 0 saturated carbocycles. The maximum atomic E-state index is 13.3. The van der Waals surface area contributed by atoms with Gasteiger partial charge < -0.3 is 5.32 Å². The third kappa shape index (κ3) is 4.28. The van der Waals surface area contributed by atoms with E-state index in [2.05, 4.69) is 5.32 Å². The van der Waals surface area contributed by atoms with E-state index in [1.54, 1.807) is 11.3 Å². The maximum Gasteiger partial charge on any atom is 0.416 e. The number of alkyl halides is 3. The number of thiophene rings is 1. The van der Waals surface area contributed by atoms with Crippen molar-refractivity contribution in [2.45, 2.75) is 32.6 Å². The summed E-state index contributed by atoms with van der Waals surface area (Å²) in [7, 11) is 0. The molecule has 2 aromatic rings. The molecule has 114 valence electrons. The van der Waals surface area contributed by atoms with Crippen LogP contribution in [0.5, 0.6) is 0 Å². The van der Waals surface area contributed by atoms with Crippen molar-refractivity contribution < 1.29 is 17.6 Å². The van der Waals surface area contributed by atoms with Crippen LogP contribution < -0.4 is 5.32 Å². The fourth-order valence-corrected chi connectivity index (χ4v) is 3.02. The first-order valence-electron chi connectivity index (χ1n) is 6.52. The summed E-state index contributed by atoms with van der Waals surface area (Å²) in [6, 6.07) is 4.65. The van der Waals surface area contributed by atoms with Gasteiger partial charge in [0.05, 0.1) is 5.56 Å². The first kappa shape index (κ1) is 16.0. The number of hydrogen-bond acceptors (Lipinski definition) is 2. The van der Waals surface area contributed by atoms with Crippen molar-refractivity contribution in [1.29, 1.82) is 0 Å². The number of hydrogen-bond donors (Lipinski definition) is 1. The summed E-state index contributed by atoms with van der Waals surface area (Å²) >= 11 is 1.60. The van der Waals surface area contributed by atoms with Crippen LogP contribution in [0, 0.1) is 5.82 Å². The van der Waals surface area contributed by atoms with E-state index in [4.69, 9.17) is 0 Å². The van der Waals surface area contributed by atoms with Gasteiger partial charge in [-0.3, -0.25) is 0 Å². The van der Waals surface area contributed by atoms with Crippen LogP contribution in [0.3, 0.4) is 0 Å². The SMILES string of the molecule is CCc1ccsc1CNCc1cc(F)cc(C(F)(F)F)c1. The minimum atomic E-state index is -4.53. The van der Waals surface area contributed by atoms with Gasteiger partial charge in [0.1, 0.15) is 5.82 Å². The molecule has 0 unspecified atom stereocenters. The average Bonchev–Trinajstić information content (AvgIpc) is 2.84. The van der Waals surface area contributed by atoms with Crippen molar-refractivity contribution in [2.75, 3.05) is 0 Å². The first-order chi connectivity index (χ1) is 9.90. The molecule has 0 aliphatic rings. The zero-order valence-corrected chi connectivity index (χ0v) is 12.2. The molecule has 0 atom stereocenters. The quantitative estimate of drug-likeness (QED) is 0.784. The molecular formula is C15H15F4NS. The van der Waals surface area contributed by atoms with E-state index in [-0.39, 0.29) is 12.1 Å². The van der Waals surface area contributed by atoms with E-state index >= 15 is 0 Å². The van der Waals surface area contributed by atoms with Gasteiger partial charge in [0.25, 0.3) is 0 Å². The summed E-state index contributed by atoms with van der Waals surface area (Å²) in [6.07, 6.45) is -3.61. The summed E-state index contributed by atoms with van der Waals surface area (Å²) in [4.78, 5) is 1.16. The molecular weight excluding hydrogens is 302 g/mol. The van der Waals surface area contributed by atoms with Crippen molar-refractivity contribution in [3.8, 4) is 0 Å². The third-order valence-corrected chi connectivity index (χ3v) is 4.08. The van der Waals surface area contributed by atoms with Crippen LogP contribution in [-0.2, 0) is 25.7 Å². The highest BCUT2D eigenvalue weighted by Crippen LogP contribution is 2.30. The predicted molar refractivity (Wildman–Crippen MR) is 75.6 cm³/mol. The highest BCUT2D eigenvalue weighted by atomic mass is 32.1. The third-order valence-electron chi connectivity index (χ3n) is 3.12. The maximum absolute atomic E-state index is 13.3. The summed E-state index contributed by atoms with van der Waals surface area (Å²) in [5, 5.41) is 5.05. The van der Waals surface area contributed by atoms with Gasteiger partial charge in [0, 0.05) is 18.0 Å². The first-order valence-corrected chi connectivity index (χ1v) is 7.40. The summed E-state index contributed by atoms with van der Waals surface area (Å²) < 4.78 is 51.1. The lowest BCUT2D eigenvalue weighted by atomic mass is 10.1. The van der Waals surface area contributed by atoms with Gasteiger partial charge in [0.15, 0.2) is 0 Å². The average molecular weight is 317 g/mol. The number of benzene rings is 1. The normalized spacial score (nSPS) is 11.9. The van der Waals surface area contributed by atoms with Crippen LogP contribution in [0.1, 0.15) is 28.5 Å². The lowest BCUT2D eigenvalue weighted by Crippen LogP contribution is -2.14. The monoisotopic (exact) mass is 317 g/mol. The Labute approximate surface area is 124 Å². The zero-order valence-electron chi connectivity index (χ0n) is 11.4. The molecule has 2 rings (SSSR count). The smallest absolute Gasteiger partial charge is 0.308 e. The Bertz CT molecular complexity index is 604. The molecule has 0 fully saturated rings. The molecule has 0 aliphatic carbocycles. The minimum Gasteiger partial charge on any atom is -0.308 e. The number of halogens is 4. The van der Waals surface area contributed by atoms with Crippen LogP contribution >= 0.6 is 11.3 Å². The second-order valence-electron chi connectivity index (χ2n) is 4.67. The van der Waals surface area contributed by atoms with E-state index in [0.29, 0.717) is 12.6 Å². The Hall–Kier alpha value is -1.40. The van der Waals surface area contributed by atoms with E-state index < -0.39 is 17.6 Å². The van der Waals surface area contributed by atoms with Crippen LogP contribution in [0.4, 0.5) is 17.6 Å². The van der Waals surface area contributed by atoms with Gasteiger partial charge >= 0.3 is 6.18 Å². The van der Waals surface area contributed by atoms with Crippen LogP contribution in [0.25, 0.3) is 0 Å². The molecule has 0 radical (unpaired) electrons. The van der Waals surface area contributed by atoms with Crippen molar-refractivity contribution in [2.24, 2.45) is 0 Å². The minimum absolute atomic E-state index is 0.196. The predicted octanol–water partition coefficient (Wildman–Crippen LogP) is 4.76. The molecule has 0 aliphatic heterocycles. The summed E-state index contributed by atoms with van der Waals surface area (Å²) in [5.74, 6) is -0.869. The fourth-order valence-electron chi connectivity index (χ4n) is 2.07. The molecule has 0 spiro atoms. The molecule has 1 nitrogen and oxygen atoms in total. The van der Waals surface area contributed by atoms with Crippen LogP contribution in [0.15, 0.2) is 29.6 Å². The molecule has 1 heterocycles. The number of rotatable bonds is 5. The fraction of sp³-hybridized carbons (Fsp3) is 0.333. The molecule has 6 heteroatoms. The number of nitrogens with one attached hydrogen (secondary N) is 1. The number of aryl methyl sites for hydroxylation is 1. The molecule has 1 aromatic carbocycles. The van der Waals surface area contributed by atoms with Gasteiger partial charge in [-0.15, -0.1) is 11.3 Å². The molecule has 21 heavy (non-hydrogen) atoms. The summed E-state index contributed by atoms with van der Waals surface area (Å²) in [6.45, 7) is 2.81. The van der Waals surface area contributed by atoms with Gasteiger partial charge in [-0.25, -0.2) is 4.39 Å². The van der Waals surface area contributed by atoms with Crippen molar-refractivity contribution in [1.82, 2.24) is 5.32 Å². The summed E-state index contributed by atoms with van der Waals surface area (Å²) in [5.41, 5.74) is 0.560. The molecule has 1 N–H and O–H groups in total. The van der Waals surface area contributed by atoms with E-state index in [1.807, 2.05) is 18.4 Å². The van der Waals surface area contributed by atoms with Crippen LogP contribution in [-0.4, -0.2) is 0 Å². The lowest BCUT2D eigenvalue weighted by molar-refractivity contribution is -0.137. The molecule has 0 amide bonds. The lowest BCUT2D eigenvalue weighted by Gasteiger charge is -2.10. The highest BCUT2D eigenvalue weighted by molar-refractivity contribution is 7.10. The Morgan fingerprint density at radius 2 is 1.90 bits per heavy atom. The van der Waals surface area contributed by atoms with Gasteiger partial charge in [-0.05, 0) is 47.2 Å². The van der Waals surface area contributed by atoms with E-state index in [1.165, 1.54) is 5.56 Å². The molecule has 0 bridgehead atoms. The van der Waals surface area contributed by atoms with Crippen molar-refractivity contribution >= 4 is 11.3 Å². The largest absolute Gasteiger partial charge is 0.416 e. The Kier molecular flexibility index (Phi) is 5.00. The van der Waals surface area contributed by atoms with Gasteiger partial charge in [-0.1, -0.05) is 6.92 Å². The Morgan fingerprint density at radius 3 is 2.57 bits per heavy atom. The molecule has 1 aromatic heterocycles. The van der Waals surface area contributed by atoms with E-state index in [9.17, 15) is 17.6 Å². The highest BCUT2D eigenvalue weighted by Gasteiger charge is 2.31. The standard InChI is InChI=1S/C15H15F4NS/c1-2-11-3-4-21-14(11)9-20-8-10-5-12(15(17,18)19)7-13(16)6-10/h3-7,20H,2,8-9H2,1H3. The zero-order chi connectivity index (χ0) is 15.5. The van der Waals surface area contributed by atoms with Crippen molar-refractivity contribution in [3.63, 3.8) is 0 Å². The Morgan fingerprint density at radius 1 is 1.14 bits per heavy atom. The second kappa shape index (κ2) is 6.58.